The third kappa shape index (κ3) is 1.94. The molecule has 1 unspecified atom stereocenters. The van der Waals surface area contributed by atoms with Crippen LogP contribution in [-0.4, -0.2) is 21.1 Å². The van der Waals surface area contributed by atoms with E-state index in [4.69, 9.17) is 9.15 Å². The lowest BCUT2D eigenvalue weighted by Crippen LogP contribution is -2.42. The highest BCUT2D eigenvalue weighted by molar-refractivity contribution is 7.92. The van der Waals surface area contributed by atoms with E-state index >= 15 is 0 Å². The molecule has 0 aliphatic carbocycles. The molecule has 3 rings (SSSR count). The summed E-state index contributed by atoms with van der Waals surface area (Å²) in [5, 5.41) is -0.179. The zero-order valence-electron chi connectivity index (χ0n) is 10.6. The van der Waals surface area contributed by atoms with E-state index in [2.05, 4.69) is 0 Å². The van der Waals surface area contributed by atoms with Gasteiger partial charge in [-0.3, -0.25) is 4.31 Å². The summed E-state index contributed by atoms with van der Waals surface area (Å²) in [6, 6.07) is 7.02. The van der Waals surface area contributed by atoms with Gasteiger partial charge >= 0.3 is 0 Å². The Balaban J connectivity index is 2.15. The van der Waals surface area contributed by atoms with Crippen LogP contribution in [0, 0.1) is 5.82 Å². The summed E-state index contributed by atoms with van der Waals surface area (Å²) in [5.41, 5.74) is 0.180. The molecule has 1 aromatic carbocycles. The van der Waals surface area contributed by atoms with E-state index in [9.17, 15) is 12.8 Å². The average Bonchev–Trinajstić information content (AvgIpc) is 2.93. The smallest absolute Gasteiger partial charge is 0.298 e. The minimum atomic E-state index is -3.86. The fraction of sp³-hybridized carbons (Fsp3) is 0.231. The quantitative estimate of drug-likeness (QED) is 0.854. The molecule has 20 heavy (non-hydrogen) atoms. The van der Waals surface area contributed by atoms with Crippen molar-refractivity contribution in [3.05, 3.63) is 42.4 Å². The molecule has 0 bridgehead atoms. The topological polar surface area (TPSA) is 59.8 Å². The zero-order valence-corrected chi connectivity index (χ0v) is 11.4. The second kappa shape index (κ2) is 4.52. The van der Waals surface area contributed by atoms with E-state index in [1.54, 1.807) is 6.92 Å². The van der Waals surface area contributed by atoms with Crippen molar-refractivity contribution in [2.24, 2.45) is 0 Å². The van der Waals surface area contributed by atoms with Crippen LogP contribution in [0.5, 0.6) is 5.75 Å². The summed E-state index contributed by atoms with van der Waals surface area (Å²) in [4.78, 5) is 0. The minimum absolute atomic E-state index is 0.0543. The van der Waals surface area contributed by atoms with Crippen LogP contribution in [0.25, 0.3) is 0 Å². The molecule has 0 saturated carbocycles. The third-order valence-electron chi connectivity index (χ3n) is 3.00. The van der Waals surface area contributed by atoms with Gasteiger partial charge in [0.05, 0.1) is 18.5 Å². The van der Waals surface area contributed by atoms with Crippen molar-refractivity contribution in [1.29, 1.82) is 0 Å². The Labute approximate surface area is 115 Å². The normalized spacial score (nSPS) is 18.5. The Morgan fingerprint density at radius 1 is 1.30 bits per heavy atom. The number of para-hydroxylation sites is 1. The average molecular weight is 297 g/mol. The Morgan fingerprint density at radius 2 is 2.10 bits per heavy atom. The first kappa shape index (κ1) is 13.0. The number of fused-ring (bicyclic) bond motifs is 1. The second-order valence-electron chi connectivity index (χ2n) is 4.48. The van der Waals surface area contributed by atoms with Gasteiger partial charge in [-0.1, -0.05) is 6.07 Å². The molecular weight excluding hydrogens is 285 g/mol. The standard InChI is InChI=1S/C13H12FNO4S/c1-9-8-15(20(16,17)12-6-3-7-18-12)11-5-2-4-10(14)13(11)19-9/h2-7,9H,8H2,1H3. The molecule has 1 aliphatic rings. The molecular formula is C13H12FNO4S. The van der Waals surface area contributed by atoms with Crippen LogP contribution in [-0.2, 0) is 10.0 Å². The van der Waals surface area contributed by atoms with E-state index in [1.165, 1.54) is 36.6 Å². The van der Waals surface area contributed by atoms with Gasteiger partial charge in [0.25, 0.3) is 10.0 Å². The van der Waals surface area contributed by atoms with Gasteiger partial charge in [-0.15, -0.1) is 0 Å². The maximum Gasteiger partial charge on any atom is 0.298 e. The van der Waals surface area contributed by atoms with Crippen LogP contribution in [0.2, 0.25) is 0 Å². The summed E-state index contributed by atoms with van der Waals surface area (Å²) in [6.07, 6.45) is 0.826. The van der Waals surface area contributed by atoms with Crippen LogP contribution in [0.3, 0.4) is 0 Å². The largest absolute Gasteiger partial charge is 0.484 e. The van der Waals surface area contributed by atoms with Gasteiger partial charge in [0.15, 0.2) is 11.6 Å². The van der Waals surface area contributed by atoms with Crippen LogP contribution >= 0.6 is 0 Å². The predicted octanol–water partition coefficient (Wildman–Crippen LogP) is 2.39. The first-order valence-electron chi connectivity index (χ1n) is 6.01. The number of hydrogen-bond donors (Lipinski definition) is 0. The zero-order chi connectivity index (χ0) is 14.3. The summed E-state index contributed by atoms with van der Waals surface area (Å²) < 4.78 is 50.3. The van der Waals surface area contributed by atoms with Crippen LogP contribution in [0.15, 0.2) is 46.1 Å². The summed E-state index contributed by atoms with van der Waals surface area (Å²) in [7, 11) is -3.86. The Bertz CT molecular complexity index is 727. The molecule has 7 heteroatoms. The van der Waals surface area contributed by atoms with Gasteiger partial charge in [-0.2, -0.15) is 8.42 Å². The number of benzene rings is 1. The second-order valence-corrected chi connectivity index (χ2v) is 6.28. The molecule has 0 N–H and O–H groups in total. The number of ether oxygens (including phenoxy) is 1. The van der Waals surface area contributed by atoms with Gasteiger partial charge in [-0.25, -0.2) is 4.39 Å². The fourth-order valence-corrected chi connectivity index (χ4v) is 3.58. The molecule has 2 heterocycles. The Morgan fingerprint density at radius 3 is 2.80 bits per heavy atom. The molecule has 0 amide bonds. The van der Waals surface area contributed by atoms with Gasteiger partial charge in [0.2, 0.25) is 5.09 Å². The molecule has 1 aliphatic heterocycles. The van der Waals surface area contributed by atoms with Crippen LogP contribution < -0.4 is 9.04 Å². The first-order chi connectivity index (χ1) is 9.50. The molecule has 0 fully saturated rings. The molecule has 0 spiro atoms. The number of nitrogens with zero attached hydrogens (tertiary/aromatic N) is 1. The third-order valence-corrected chi connectivity index (χ3v) is 4.66. The number of rotatable bonds is 2. The number of furan rings is 1. The van der Waals surface area contributed by atoms with Crippen molar-refractivity contribution < 1.29 is 22.0 Å². The highest BCUT2D eigenvalue weighted by Gasteiger charge is 2.35. The summed E-state index contributed by atoms with van der Waals surface area (Å²) >= 11 is 0. The lowest BCUT2D eigenvalue weighted by Gasteiger charge is -2.33. The van der Waals surface area contributed by atoms with E-state index in [0.717, 1.165) is 4.31 Å². The summed E-state index contributed by atoms with van der Waals surface area (Å²) in [5.74, 6) is -0.643. The maximum atomic E-state index is 13.8. The SMILES string of the molecule is CC1CN(S(=O)(=O)c2ccco2)c2cccc(F)c2O1. The minimum Gasteiger partial charge on any atom is -0.484 e. The number of hydrogen-bond acceptors (Lipinski definition) is 4. The Kier molecular flexibility index (Phi) is 2.93. The van der Waals surface area contributed by atoms with Crippen molar-refractivity contribution in [1.82, 2.24) is 0 Å². The van der Waals surface area contributed by atoms with Crippen molar-refractivity contribution in [2.75, 3.05) is 10.8 Å². The highest BCUT2D eigenvalue weighted by atomic mass is 32.2. The molecule has 1 aromatic heterocycles. The van der Waals surface area contributed by atoms with E-state index in [0.29, 0.717) is 0 Å². The number of anilines is 1. The predicted molar refractivity (Wildman–Crippen MR) is 69.7 cm³/mol. The molecule has 5 nitrogen and oxygen atoms in total. The van der Waals surface area contributed by atoms with Crippen molar-refractivity contribution in [3.8, 4) is 5.75 Å². The fourth-order valence-electron chi connectivity index (χ4n) is 2.13. The number of halogens is 1. The molecule has 2 aromatic rings. The van der Waals surface area contributed by atoms with E-state index in [1.807, 2.05) is 0 Å². The first-order valence-corrected chi connectivity index (χ1v) is 7.45. The summed E-state index contributed by atoms with van der Waals surface area (Å²) in [6.45, 7) is 1.78. The molecule has 0 radical (unpaired) electrons. The van der Waals surface area contributed by atoms with E-state index < -0.39 is 21.9 Å². The number of sulfonamides is 1. The lowest BCUT2D eigenvalue weighted by atomic mass is 10.2. The monoisotopic (exact) mass is 297 g/mol. The maximum absolute atomic E-state index is 13.8. The van der Waals surface area contributed by atoms with Crippen molar-refractivity contribution in [3.63, 3.8) is 0 Å². The van der Waals surface area contributed by atoms with Gasteiger partial charge in [0, 0.05) is 0 Å². The molecule has 1 atom stereocenters. The van der Waals surface area contributed by atoms with Crippen LogP contribution in [0.4, 0.5) is 10.1 Å². The van der Waals surface area contributed by atoms with Gasteiger partial charge < -0.3 is 9.15 Å². The van der Waals surface area contributed by atoms with Gasteiger partial charge in [0.1, 0.15) is 6.10 Å². The van der Waals surface area contributed by atoms with Crippen molar-refractivity contribution >= 4 is 15.7 Å². The lowest BCUT2D eigenvalue weighted by molar-refractivity contribution is 0.209. The highest BCUT2D eigenvalue weighted by Crippen LogP contribution is 2.38. The molecule has 0 saturated heterocycles. The van der Waals surface area contributed by atoms with Gasteiger partial charge in [-0.05, 0) is 31.2 Å². The Hall–Kier alpha value is -2.02. The van der Waals surface area contributed by atoms with Crippen molar-refractivity contribution in [2.45, 2.75) is 18.1 Å². The van der Waals surface area contributed by atoms with Crippen LogP contribution in [0.1, 0.15) is 6.92 Å². The molecule has 106 valence electrons. The van der Waals surface area contributed by atoms with E-state index in [-0.39, 0.29) is 23.1 Å².